The average Bonchev–Trinajstić information content (AvgIpc) is 2.81. The van der Waals surface area contributed by atoms with Gasteiger partial charge in [-0.2, -0.15) is 5.26 Å². The van der Waals surface area contributed by atoms with Gasteiger partial charge in [0, 0.05) is 6.54 Å². The maximum atomic E-state index is 12.0. The predicted molar refractivity (Wildman–Crippen MR) is 70.8 cm³/mol. The Morgan fingerprint density at radius 2 is 2.25 bits per heavy atom. The van der Waals surface area contributed by atoms with E-state index in [2.05, 4.69) is 11.1 Å². The molecule has 1 aromatic carbocycles. The smallest absolute Gasteiger partial charge is 0.261 e. The lowest BCUT2D eigenvalue weighted by Crippen LogP contribution is -2.12. The van der Waals surface area contributed by atoms with E-state index in [4.69, 9.17) is 21.6 Å². The summed E-state index contributed by atoms with van der Waals surface area (Å²) in [4.78, 5) is 4.32. The Morgan fingerprint density at radius 1 is 1.45 bits per heavy atom. The van der Waals surface area contributed by atoms with Crippen LogP contribution in [0.2, 0.25) is 0 Å². The zero-order chi connectivity index (χ0) is 14.5. The number of benzene rings is 1. The van der Waals surface area contributed by atoms with E-state index in [1.165, 1.54) is 0 Å². The zero-order valence-electron chi connectivity index (χ0n) is 10.5. The molecule has 0 aliphatic carbocycles. The van der Waals surface area contributed by atoms with E-state index in [0.717, 1.165) is 5.52 Å². The lowest BCUT2D eigenvalue weighted by molar-refractivity contribution is 0.0149. The van der Waals surface area contributed by atoms with Gasteiger partial charge >= 0.3 is 0 Å². The summed E-state index contributed by atoms with van der Waals surface area (Å²) in [6.45, 7) is -0.0943. The highest BCUT2D eigenvalue weighted by atomic mass is 35.5. The summed E-state index contributed by atoms with van der Waals surface area (Å²) < 4.78 is 30.6. The van der Waals surface area contributed by atoms with E-state index in [1.807, 2.05) is 6.07 Å². The van der Waals surface area contributed by atoms with E-state index in [9.17, 15) is 8.78 Å². The topological polar surface area (TPSA) is 50.8 Å². The molecule has 0 unspecified atom stereocenters. The quantitative estimate of drug-likeness (QED) is 0.609. The van der Waals surface area contributed by atoms with Gasteiger partial charge in [0.1, 0.15) is 24.0 Å². The maximum Gasteiger partial charge on any atom is 0.261 e. The van der Waals surface area contributed by atoms with Gasteiger partial charge in [-0.3, -0.25) is 0 Å². The number of rotatable bonds is 6. The van der Waals surface area contributed by atoms with E-state index >= 15 is 0 Å². The summed E-state index contributed by atoms with van der Waals surface area (Å²) in [6.07, 6.45) is -2.48. The van der Waals surface area contributed by atoms with Crippen LogP contribution in [-0.2, 0) is 17.2 Å². The molecule has 4 nitrogen and oxygen atoms in total. The number of nitriles is 1. The highest BCUT2D eigenvalue weighted by molar-refractivity contribution is 6.16. The summed E-state index contributed by atoms with van der Waals surface area (Å²) in [5.41, 5.74) is 1.78. The molecule has 0 fully saturated rings. The van der Waals surface area contributed by atoms with Crippen LogP contribution < -0.4 is 0 Å². The normalized spacial score (nSPS) is 11.2. The molecule has 0 saturated carbocycles. The molecule has 1 aromatic heterocycles. The number of halogens is 3. The molecule has 1 heterocycles. The zero-order valence-corrected chi connectivity index (χ0v) is 11.3. The van der Waals surface area contributed by atoms with Crippen molar-refractivity contribution in [2.75, 3.05) is 13.2 Å². The lowest BCUT2D eigenvalue weighted by atomic mass is 10.2. The molecule has 20 heavy (non-hydrogen) atoms. The molecule has 0 N–H and O–H groups in total. The van der Waals surface area contributed by atoms with Gasteiger partial charge < -0.3 is 9.30 Å². The van der Waals surface area contributed by atoms with Gasteiger partial charge in [-0.15, -0.1) is 11.6 Å². The molecular weight excluding hydrogens is 288 g/mol. The highest BCUT2D eigenvalue weighted by Gasteiger charge is 2.13. The summed E-state index contributed by atoms with van der Waals surface area (Å²) >= 11 is 5.84. The number of imidazole rings is 1. The van der Waals surface area contributed by atoms with Crippen LogP contribution in [0.4, 0.5) is 8.78 Å². The van der Waals surface area contributed by atoms with Gasteiger partial charge in [0.05, 0.1) is 23.6 Å². The minimum absolute atomic E-state index is 0.135. The fourth-order valence-corrected chi connectivity index (χ4v) is 2.17. The van der Waals surface area contributed by atoms with Gasteiger partial charge in [0.15, 0.2) is 0 Å². The highest BCUT2D eigenvalue weighted by Crippen LogP contribution is 2.20. The molecule has 0 spiro atoms. The number of alkyl halides is 3. The first kappa shape index (κ1) is 14.7. The van der Waals surface area contributed by atoms with Crippen LogP contribution in [0.5, 0.6) is 0 Å². The Bertz CT molecular complexity index is 636. The van der Waals surface area contributed by atoms with Crippen LogP contribution >= 0.6 is 11.6 Å². The summed E-state index contributed by atoms with van der Waals surface area (Å²) in [5, 5.41) is 9.04. The van der Waals surface area contributed by atoms with Gasteiger partial charge in [-0.05, 0) is 12.1 Å². The van der Waals surface area contributed by atoms with Crippen LogP contribution in [0.15, 0.2) is 18.2 Å². The SMILES string of the molecule is N#Cc1cccc2c1nc(CCl)n2CCOCC(F)F. The van der Waals surface area contributed by atoms with Gasteiger partial charge in [-0.1, -0.05) is 6.07 Å². The predicted octanol–water partition coefficient (Wildman–Crippen LogP) is 2.93. The summed E-state index contributed by atoms with van der Waals surface area (Å²) in [5.74, 6) is 0.763. The average molecular weight is 300 g/mol. The van der Waals surface area contributed by atoms with Crippen LogP contribution in [0, 0.1) is 11.3 Å². The second-order valence-corrected chi connectivity index (χ2v) is 4.33. The van der Waals surface area contributed by atoms with Crippen molar-refractivity contribution in [1.82, 2.24) is 9.55 Å². The summed E-state index contributed by atoms with van der Waals surface area (Å²) in [7, 11) is 0. The molecule has 0 radical (unpaired) electrons. The van der Waals surface area contributed by atoms with Crippen LogP contribution in [0.25, 0.3) is 11.0 Å². The third-order valence-electron chi connectivity index (χ3n) is 2.80. The molecule has 2 rings (SSSR count). The molecule has 7 heteroatoms. The number of aromatic nitrogens is 2. The van der Waals surface area contributed by atoms with Crippen molar-refractivity contribution >= 4 is 22.6 Å². The number of nitrogens with zero attached hydrogens (tertiary/aromatic N) is 3. The first-order chi connectivity index (χ1) is 9.67. The minimum atomic E-state index is -2.48. The second kappa shape index (κ2) is 6.64. The Labute approximate surface area is 119 Å². The first-order valence-corrected chi connectivity index (χ1v) is 6.51. The number of ether oxygens (including phenoxy) is 1. The third kappa shape index (κ3) is 3.06. The minimum Gasteiger partial charge on any atom is -0.374 e. The van der Waals surface area contributed by atoms with Crippen molar-refractivity contribution in [2.24, 2.45) is 0 Å². The Balaban J connectivity index is 2.25. The molecule has 0 aliphatic rings. The first-order valence-electron chi connectivity index (χ1n) is 5.97. The number of para-hydroxylation sites is 1. The lowest BCUT2D eigenvalue weighted by Gasteiger charge is -2.08. The van der Waals surface area contributed by atoms with E-state index in [0.29, 0.717) is 23.4 Å². The fourth-order valence-electron chi connectivity index (χ4n) is 1.97. The standard InChI is InChI=1S/C13H12ClF2N3O/c14-6-12-18-13-9(7-17)2-1-3-10(13)19(12)4-5-20-8-11(15)16/h1-3,11H,4-6,8H2. The van der Waals surface area contributed by atoms with Gasteiger partial charge in [-0.25, -0.2) is 13.8 Å². The van der Waals surface area contributed by atoms with Crippen molar-refractivity contribution < 1.29 is 13.5 Å². The molecule has 0 amide bonds. The number of fused-ring (bicyclic) bond motifs is 1. The molecule has 0 aliphatic heterocycles. The van der Waals surface area contributed by atoms with Crippen LogP contribution in [-0.4, -0.2) is 29.2 Å². The number of hydrogen-bond acceptors (Lipinski definition) is 3. The van der Waals surface area contributed by atoms with Crippen LogP contribution in [0.1, 0.15) is 11.4 Å². The monoisotopic (exact) mass is 299 g/mol. The third-order valence-corrected chi connectivity index (χ3v) is 3.04. The molecule has 0 bridgehead atoms. The van der Waals surface area contributed by atoms with Gasteiger partial charge in [0.2, 0.25) is 0 Å². The molecular formula is C13H12ClF2N3O. The van der Waals surface area contributed by atoms with Crippen molar-refractivity contribution in [3.05, 3.63) is 29.6 Å². The molecule has 0 saturated heterocycles. The van der Waals surface area contributed by atoms with Crippen molar-refractivity contribution in [2.45, 2.75) is 18.9 Å². The Hall–Kier alpha value is -1.71. The molecule has 0 atom stereocenters. The second-order valence-electron chi connectivity index (χ2n) is 4.06. The summed E-state index contributed by atoms with van der Waals surface area (Å²) in [6, 6.07) is 7.30. The Kier molecular flexibility index (Phi) is 4.88. The van der Waals surface area contributed by atoms with Crippen molar-refractivity contribution in [3.8, 4) is 6.07 Å². The Morgan fingerprint density at radius 3 is 2.90 bits per heavy atom. The largest absolute Gasteiger partial charge is 0.374 e. The maximum absolute atomic E-state index is 12.0. The molecule has 106 valence electrons. The van der Waals surface area contributed by atoms with E-state index < -0.39 is 13.0 Å². The van der Waals surface area contributed by atoms with Crippen LogP contribution in [0.3, 0.4) is 0 Å². The number of hydrogen-bond donors (Lipinski definition) is 0. The van der Waals surface area contributed by atoms with E-state index in [1.54, 1.807) is 16.7 Å². The van der Waals surface area contributed by atoms with Gasteiger partial charge in [0.25, 0.3) is 6.43 Å². The van der Waals surface area contributed by atoms with Crippen molar-refractivity contribution in [3.63, 3.8) is 0 Å². The van der Waals surface area contributed by atoms with E-state index in [-0.39, 0.29) is 12.5 Å². The molecule has 2 aromatic rings. The fraction of sp³-hybridized carbons (Fsp3) is 0.385. The van der Waals surface area contributed by atoms with Crippen molar-refractivity contribution in [1.29, 1.82) is 5.26 Å².